The van der Waals surface area contributed by atoms with Crippen molar-refractivity contribution in [2.75, 3.05) is 46.1 Å². The average molecular weight is 606 g/mol. The summed E-state index contributed by atoms with van der Waals surface area (Å²) in [5.41, 5.74) is 6.76. The molecule has 3 aromatic rings. The van der Waals surface area contributed by atoms with Crippen molar-refractivity contribution in [2.45, 2.75) is 31.7 Å². The van der Waals surface area contributed by atoms with Crippen molar-refractivity contribution < 1.29 is 28.2 Å². The van der Waals surface area contributed by atoms with Crippen molar-refractivity contribution in [1.29, 1.82) is 0 Å². The number of piperidine rings is 2. The van der Waals surface area contributed by atoms with Gasteiger partial charge in [0.15, 0.2) is 23.1 Å². The van der Waals surface area contributed by atoms with Gasteiger partial charge < -0.3 is 30.6 Å². The summed E-state index contributed by atoms with van der Waals surface area (Å²) in [4.78, 5) is 30.5. The Kier molecular flexibility index (Phi) is 11.0. The van der Waals surface area contributed by atoms with Crippen LogP contribution in [-0.2, 0) is 9.59 Å². The molecule has 10 nitrogen and oxygen atoms in total. The normalized spacial score (nSPS) is 17.7. The first-order valence-electron chi connectivity index (χ1n) is 15.2. The number of amides is 2. The number of nitrogens with one attached hydrogen (secondary N) is 2. The van der Waals surface area contributed by atoms with Crippen LogP contribution in [-0.4, -0.2) is 67.8 Å². The summed E-state index contributed by atoms with van der Waals surface area (Å²) in [5, 5.41) is 6.38. The van der Waals surface area contributed by atoms with Crippen LogP contribution < -0.4 is 30.6 Å². The Morgan fingerprint density at radius 3 is 2.45 bits per heavy atom. The number of ether oxygens (including phenoxy) is 3. The minimum Gasteiger partial charge on any atom is -0.489 e. The lowest BCUT2D eigenvalue weighted by atomic mass is 9.94. The first-order chi connectivity index (χ1) is 21.5. The summed E-state index contributed by atoms with van der Waals surface area (Å²) in [7, 11) is 0. The van der Waals surface area contributed by atoms with Crippen LogP contribution in [0.1, 0.15) is 43.0 Å². The highest BCUT2D eigenvalue weighted by Crippen LogP contribution is 2.35. The molecule has 4 heterocycles. The SMILES string of the molecule is NC(=O)C1CCNCC1.O=C(NC(c1ccc2c(c1)OCO2)c1ccccn1)C1CCN(CCOc2ccccc2F)CC1. The zero-order valence-corrected chi connectivity index (χ0v) is 24.8. The van der Waals surface area contributed by atoms with Gasteiger partial charge in [0.1, 0.15) is 6.61 Å². The van der Waals surface area contributed by atoms with Gasteiger partial charge in [-0.05, 0) is 93.8 Å². The average Bonchev–Trinajstić information content (AvgIpc) is 3.54. The highest BCUT2D eigenvalue weighted by Gasteiger charge is 2.29. The topological polar surface area (TPSA) is 128 Å². The van der Waals surface area contributed by atoms with Gasteiger partial charge in [-0.2, -0.15) is 0 Å². The Labute approximate surface area is 257 Å². The first-order valence-corrected chi connectivity index (χ1v) is 15.2. The standard InChI is InChI=1S/C27H28FN3O4.C6H12N2O/c28-21-5-1-2-7-23(21)33-16-15-31-13-10-19(11-14-31)27(32)30-26(22-6-3-4-12-29-22)20-8-9-24-25(17-20)35-18-34-24;7-6(9)5-1-3-8-4-2-5/h1-9,12,17,19,26H,10-11,13-16,18H2,(H,30,32);5,8H,1-4H2,(H2,7,9). The Morgan fingerprint density at radius 1 is 1.00 bits per heavy atom. The number of likely N-dealkylation sites (tertiary alicyclic amines) is 1. The smallest absolute Gasteiger partial charge is 0.231 e. The number of aromatic nitrogens is 1. The number of pyridine rings is 1. The van der Waals surface area contributed by atoms with E-state index in [-0.39, 0.29) is 48.1 Å². The first kappa shape index (κ1) is 31.2. The summed E-state index contributed by atoms with van der Waals surface area (Å²) in [6.45, 7) is 4.75. The van der Waals surface area contributed by atoms with Gasteiger partial charge in [0, 0.05) is 24.6 Å². The molecule has 1 unspecified atom stereocenters. The number of hydrogen-bond donors (Lipinski definition) is 3. The van der Waals surface area contributed by atoms with E-state index in [1.54, 1.807) is 24.4 Å². The molecule has 234 valence electrons. The molecule has 0 spiro atoms. The predicted octanol–water partition coefficient (Wildman–Crippen LogP) is 3.42. The third-order valence-corrected chi connectivity index (χ3v) is 8.20. The maximum absolute atomic E-state index is 13.7. The largest absolute Gasteiger partial charge is 0.489 e. The minimum absolute atomic E-state index is 0.0144. The van der Waals surface area contributed by atoms with Gasteiger partial charge in [-0.25, -0.2) is 4.39 Å². The van der Waals surface area contributed by atoms with Gasteiger partial charge in [-0.15, -0.1) is 0 Å². The molecule has 3 aliphatic heterocycles. The molecule has 11 heteroatoms. The maximum Gasteiger partial charge on any atom is 0.231 e. The molecule has 2 aromatic carbocycles. The number of halogens is 1. The van der Waals surface area contributed by atoms with Crippen LogP contribution in [0, 0.1) is 17.7 Å². The van der Waals surface area contributed by atoms with E-state index in [1.165, 1.54) is 6.07 Å². The summed E-state index contributed by atoms with van der Waals surface area (Å²) < 4.78 is 30.2. The van der Waals surface area contributed by atoms with E-state index in [0.717, 1.165) is 63.1 Å². The molecule has 0 aliphatic carbocycles. The fourth-order valence-corrected chi connectivity index (χ4v) is 5.60. The molecule has 3 aliphatic rings. The molecular formula is C33H40FN5O5. The van der Waals surface area contributed by atoms with Crippen molar-refractivity contribution in [2.24, 2.45) is 17.6 Å². The quantitative estimate of drug-likeness (QED) is 0.339. The van der Waals surface area contributed by atoms with E-state index in [4.69, 9.17) is 19.9 Å². The zero-order valence-electron chi connectivity index (χ0n) is 24.8. The molecule has 0 saturated carbocycles. The second-order valence-electron chi connectivity index (χ2n) is 11.1. The van der Waals surface area contributed by atoms with E-state index >= 15 is 0 Å². The fraction of sp³-hybridized carbons (Fsp3) is 0.424. The summed E-state index contributed by atoms with van der Waals surface area (Å²) in [5.74, 6) is 1.20. The molecule has 2 fully saturated rings. The Morgan fingerprint density at radius 2 is 1.75 bits per heavy atom. The number of nitrogens with zero attached hydrogens (tertiary/aromatic N) is 2. The third kappa shape index (κ3) is 8.45. The molecule has 4 N–H and O–H groups in total. The highest BCUT2D eigenvalue weighted by atomic mass is 19.1. The van der Waals surface area contributed by atoms with Crippen LogP contribution in [0.2, 0.25) is 0 Å². The second-order valence-corrected chi connectivity index (χ2v) is 11.1. The fourth-order valence-electron chi connectivity index (χ4n) is 5.60. The number of benzene rings is 2. The molecule has 1 atom stereocenters. The Balaban J connectivity index is 0.000000367. The van der Waals surface area contributed by atoms with Crippen LogP contribution in [0.4, 0.5) is 4.39 Å². The van der Waals surface area contributed by atoms with E-state index < -0.39 is 0 Å². The zero-order chi connectivity index (χ0) is 30.7. The van der Waals surface area contributed by atoms with Crippen molar-refractivity contribution in [3.8, 4) is 17.2 Å². The van der Waals surface area contributed by atoms with Crippen LogP contribution >= 0.6 is 0 Å². The van der Waals surface area contributed by atoms with Gasteiger partial charge in [0.2, 0.25) is 18.6 Å². The highest BCUT2D eigenvalue weighted by molar-refractivity contribution is 5.79. The Hall–Kier alpha value is -4.22. The second kappa shape index (κ2) is 15.5. The van der Waals surface area contributed by atoms with Crippen molar-refractivity contribution in [1.82, 2.24) is 20.5 Å². The van der Waals surface area contributed by atoms with Crippen molar-refractivity contribution >= 4 is 11.8 Å². The van der Waals surface area contributed by atoms with Crippen molar-refractivity contribution in [3.05, 3.63) is 83.9 Å². The molecule has 0 radical (unpaired) electrons. The van der Waals surface area contributed by atoms with Crippen LogP contribution in [0.15, 0.2) is 66.9 Å². The molecule has 0 bridgehead atoms. The number of carbonyl (C=O) groups is 2. The van der Waals surface area contributed by atoms with Gasteiger partial charge in [0.05, 0.1) is 11.7 Å². The number of nitrogens with two attached hydrogens (primary N) is 1. The van der Waals surface area contributed by atoms with E-state index in [1.807, 2.05) is 36.4 Å². The summed E-state index contributed by atoms with van der Waals surface area (Å²) in [6, 6.07) is 17.4. The maximum atomic E-state index is 13.7. The number of primary amides is 1. The number of para-hydroxylation sites is 1. The van der Waals surface area contributed by atoms with Crippen LogP contribution in [0.3, 0.4) is 0 Å². The summed E-state index contributed by atoms with van der Waals surface area (Å²) in [6.07, 6.45) is 5.05. The number of carbonyl (C=O) groups excluding carboxylic acids is 2. The molecule has 2 amide bonds. The van der Waals surface area contributed by atoms with E-state index in [9.17, 15) is 14.0 Å². The Bertz CT molecular complexity index is 1380. The monoisotopic (exact) mass is 605 g/mol. The molecule has 6 rings (SSSR count). The van der Waals surface area contributed by atoms with Gasteiger partial charge in [-0.3, -0.25) is 19.5 Å². The molecule has 2 saturated heterocycles. The van der Waals surface area contributed by atoms with Gasteiger partial charge in [-0.1, -0.05) is 24.3 Å². The third-order valence-electron chi connectivity index (χ3n) is 8.20. The minimum atomic E-state index is -0.384. The lowest BCUT2D eigenvalue weighted by molar-refractivity contribution is -0.127. The van der Waals surface area contributed by atoms with E-state index in [2.05, 4.69) is 20.5 Å². The molecular weight excluding hydrogens is 565 g/mol. The van der Waals surface area contributed by atoms with Crippen LogP contribution in [0.5, 0.6) is 17.2 Å². The number of rotatable bonds is 9. The predicted molar refractivity (Wildman–Crippen MR) is 163 cm³/mol. The van der Waals surface area contributed by atoms with Crippen molar-refractivity contribution in [3.63, 3.8) is 0 Å². The number of hydrogen-bond acceptors (Lipinski definition) is 8. The van der Waals surface area contributed by atoms with Gasteiger partial charge in [0.25, 0.3) is 0 Å². The lowest BCUT2D eigenvalue weighted by Gasteiger charge is -2.32. The molecule has 44 heavy (non-hydrogen) atoms. The van der Waals surface area contributed by atoms with E-state index in [0.29, 0.717) is 24.7 Å². The summed E-state index contributed by atoms with van der Waals surface area (Å²) >= 11 is 0. The van der Waals surface area contributed by atoms with Crippen LogP contribution in [0.25, 0.3) is 0 Å². The number of fused-ring (bicyclic) bond motifs is 1. The van der Waals surface area contributed by atoms with Gasteiger partial charge >= 0.3 is 0 Å². The lowest BCUT2D eigenvalue weighted by Crippen LogP contribution is -2.43. The molecule has 1 aromatic heterocycles.